The fourth-order valence-electron chi connectivity index (χ4n) is 5.07. The van der Waals surface area contributed by atoms with Crippen LogP contribution in [0, 0.1) is 13.8 Å². The first-order chi connectivity index (χ1) is 18.7. The number of H-pyrrole nitrogens is 1. The molecule has 0 saturated heterocycles. The predicted octanol–water partition coefficient (Wildman–Crippen LogP) is 5.72. The average molecular weight is 521 g/mol. The molecule has 5 aromatic rings. The second kappa shape index (κ2) is 10.9. The van der Waals surface area contributed by atoms with Crippen molar-refractivity contribution in [3.05, 3.63) is 123 Å². The Labute approximate surface area is 229 Å². The normalized spacial score (nSPS) is 12.8. The number of hydrogen-bond donors (Lipinski definition) is 1. The highest BCUT2D eigenvalue weighted by atomic mass is 16.1. The molecule has 39 heavy (non-hydrogen) atoms. The topological polar surface area (TPSA) is 79.7 Å². The summed E-state index contributed by atoms with van der Waals surface area (Å²) in [4.78, 5) is 19.3. The molecular formula is C32H36N6O. The number of aromatic nitrogens is 5. The van der Waals surface area contributed by atoms with Crippen LogP contribution in [0.4, 0.5) is 0 Å². The molecule has 0 aliphatic heterocycles. The van der Waals surface area contributed by atoms with Crippen molar-refractivity contribution in [1.82, 2.24) is 30.1 Å². The fraction of sp³-hybridized carbons (Fsp3) is 0.312. The van der Waals surface area contributed by atoms with E-state index in [4.69, 9.17) is 0 Å². The highest BCUT2D eigenvalue weighted by Crippen LogP contribution is 2.31. The van der Waals surface area contributed by atoms with Gasteiger partial charge in [-0.05, 0) is 97.3 Å². The van der Waals surface area contributed by atoms with Gasteiger partial charge in [0.25, 0.3) is 5.56 Å². The van der Waals surface area contributed by atoms with Crippen molar-refractivity contribution >= 4 is 10.9 Å². The van der Waals surface area contributed by atoms with Gasteiger partial charge in [0.15, 0.2) is 5.82 Å². The first-order valence-electron chi connectivity index (χ1n) is 13.5. The molecule has 0 fully saturated rings. The van der Waals surface area contributed by atoms with E-state index < -0.39 is 6.04 Å². The van der Waals surface area contributed by atoms with Crippen LogP contribution in [-0.4, -0.2) is 36.6 Å². The van der Waals surface area contributed by atoms with Crippen molar-refractivity contribution in [2.45, 2.75) is 59.2 Å². The average Bonchev–Trinajstić information content (AvgIpc) is 3.40. The van der Waals surface area contributed by atoms with Crippen LogP contribution >= 0.6 is 0 Å². The molecule has 2 heterocycles. The number of nitrogens with zero attached hydrogens (tertiary/aromatic N) is 5. The molecule has 7 nitrogen and oxygen atoms in total. The van der Waals surface area contributed by atoms with Gasteiger partial charge in [-0.2, -0.15) is 0 Å². The number of nitrogens with one attached hydrogen (secondary N) is 1. The first kappa shape index (κ1) is 26.5. The van der Waals surface area contributed by atoms with E-state index in [9.17, 15) is 4.79 Å². The highest BCUT2D eigenvalue weighted by molar-refractivity contribution is 5.81. The maximum atomic E-state index is 13.8. The number of rotatable bonds is 8. The largest absolute Gasteiger partial charge is 0.322 e. The lowest BCUT2D eigenvalue weighted by Gasteiger charge is -2.33. The molecule has 5 rings (SSSR count). The van der Waals surface area contributed by atoms with E-state index in [1.807, 2.05) is 41.1 Å². The van der Waals surface area contributed by atoms with Crippen LogP contribution in [0.1, 0.15) is 60.5 Å². The van der Waals surface area contributed by atoms with Crippen molar-refractivity contribution in [2.24, 2.45) is 0 Å². The number of aryl methyl sites for hydroxylation is 2. The zero-order chi connectivity index (χ0) is 27.6. The van der Waals surface area contributed by atoms with Crippen LogP contribution in [-0.2, 0) is 18.5 Å². The van der Waals surface area contributed by atoms with Gasteiger partial charge < -0.3 is 4.98 Å². The zero-order valence-electron chi connectivity index (χ0n) is 23.3. The van der Waals surface area contributed by atoms with Crippen molar-refractivity contribution in [2.75, 3.05) is 6.54 Å². The van der Waals surface area contributed by atoms with Gasteiger partial charge in [0, 0.05) is 24.2 Å². The predicted molar refractivity (Wildman–Crippen MR) is 156 cm³/mol. The Hall–Kier alpha value is -4.10. The van der Waals surface area contributed by atoms with Crippen LogP contribution in [0.15, 0.2) is 83.7 Å². The van der Waals surface area contributed by atoms with E-state index in [2.05, 4.69) is 102 Å². The minimum absolute atomic E-state index is 0.128. The molecule has 0 amide bonds. The van der Waals surface area contributed by atoms with Crippen LogP contribution in [0.2, 0.25) is 0 Å². The Morgan fingerprint density at radius 3 is 2.21 bits per heavy atom. The molecule has 3 aromatic carbocycles. The van der Waals surface area contributed by atoms with Gasteiger partial charge in [-0.3, -0.25) is 9.69 Å². The first-order valence-corrected chi connectivity index (χ1v) is 13.5. The van der Waals surface area contributed by atoms with E-state index in [-0.39, 0.29) is 11.1 Å². The summed E-state index contributed by atoms with van der Waals surface area (Å²) in [6, 6.07) is 26.5. The van der Waals surface area contributed by atoms with Gasteiger partial charge in [-0.1, -0.05) is 60.7 Å². The summed E-state index contributed by atoms with van der Waals surface area (Å²) in [5.41, 5.74) is 5.70. The number of pyridine rings is 1. The van der Waals surface area contributed by atoms with E-state index in [0.717, 1.165) is 28.5 Å². The third-order valence-electron chi connectivity index (χ3n) is 7.28. The smallest absolute Gasteiger partial charge is 0.253 e. The minimum Gasteiger partial charge on any atom is -0.322 e. The van der Waals surface area contributed by atoms with Gasteiger partial charge in [-0.15, -0.1) is 5.10 Å². The number of tetrazole rings is 1. The Morgan fingerprint density at radius 1 is 0.897 bits per heavy atom. The van der Waals surface area contributed by atoms with Crippen molar-refractivity contribution in [1.29, 1.82) is 0 Å². The number of hydrogen-bond acceptors (Lipinski definition) is 5. The second-order valence-corrected chi connectivity index (χ2v) is 11.3. The molecule has 0 spiro atoms. The molecule has 7 heteroatoms. The maximum Gasteiger partial charge on any atom is 0.253 e. The maximum absolute atomic E-state index is 13.8. The molecule has 0 aliphatic rings. The number of benzene rings is 3. The van der Waals surface area contributed by atoms with E-state index >= 15 is 0 Å². The summed E-state index contributed by atoms with van der Waals surface area (Å²) < 4.78 is 1.85. The van der Waals surface area contributed by atoms with Crippen molar-refractivity contribution in [3.8, 4) is 0 Å². The molecule has 1 atom stereocenters. The number of fused-ring (bicyclic) bond motifs is 1. The summed E-state index contributed by atoms with van der Waals surface area (Å²) in [6.45, 7) is 11.7. The fourth-order valence-corrected chi connectivity index (χ4v) is 5.07. The molecule has 2 aromatic heterocycles. The van der Waals surface area contributed by atoms with Gasteiger partial charge in [0.05, 0.1) is 5.54 Å². The van der Waals surface area contributed by atoms with E-state index in [0.29, 0.717) is 24.5 Å². The monoisotopic (exact) mass is 520 g/mol. The lowest BCUT2D eigenvalue weighted by Crippen LogP contribution is -2.38. The van der Waals surface area contributed by atoms with Crippen LogP contribution < -0.4 is 5.56 Å². The summed E-state index contributed by atoms with van der Waals surface area (Å²) in [7, 11) is 0. The number of aromatic amines is 1. The molecule has 0 bridgehead atoms. The Balaban J connectivity index is 1.69. The van der Waals surface area contributed by atoms with E-state index in [1.165, 1.54) is 11.1 Å². The summed E-state index contributed by atoms with van der Waals surface area (Å²) in [6.07, 6.45) is 0.824. The van der Waals surface area contributed by atoms with Gasteiger partial charge >= 0.3 is 0 Å². The van der Waals surface area contributed by atoms with Crippen molar-refractivity contribution < 1.29 is 0 Å². The Kier molecular flexibility index (Phi) is 7.44. The minimum atomic E-state index is -0.460. The second-order valence-electron chi connectivity index (χ2n) is 11.3. The Bertz CT molecular complexity index is 1620. The standard InChI is InChI=1S/C32H36N6O/c1-22-18-26-20-27(31(39)33-28(26)19-23(22)2)29(30-34-35-36-38(30)32(3,4)5)37(21-25-14-10-7-11-15-25)17-16-24-12-8-6-9-13-24/h6-15,18-20,29H,16-17,21H2,1-5H3,(H,33,39). The third-order valence-corrected chi connectivity index (χ3v) is 7.28. The lowest BCUT2D eigenvalue weighted by molar-refractivity contribution is 0.195. The summed E-state index contributed by atoms with van der Waals surface area (Å²) >= 11 is 0. The molecule has 0 aliphatic carbocycles. The highest BCUT2D eigenvalue weighted by Gasteiger charge is 2.33. The van der Waals surface area contributed by atoms with Crippen LogP contribution in [0.5, 0.6) is 0 Å². The SMILES string of the molecule is Cc1cc2cc(C(c3nnnn3C(C)(C)C)N(CCc3ccccc3)Cc3ccccc3)c(=O)[nH]c2cc1C. The third kappa shape index (κ3) is 5.83. The molecule has 1 unspecified atom stereocenters. The molecule has 1 N–H and O–H groups in total. The van der Waals surface area contributed by atoms with Crippen molar-refractivity contribution in [3.63, 3.8) is 0 Å². The molecule has 0 radical (unpaired) electrons. The summed E-state index contributed by atoms with van der Waals surface area (Å²) in [5, 5.41) is 14.0. The summed E-state index contributed by atoms with van der Waals surface area (Å²) in [5.74, 6) is 0.653. The van der Waals surface area contributed by atoms with Gasteiger partial charge in [-0.25, -0.2) is 4.68 Å². The van der Waals surface area contributed by atoms with Gasteiger partial charge in [0.2, 0.25) is 0 Å². The van der Waals surface area contributed by atoms with Crippen LogP contribution in [0.3, 0.4) is 0 Å². The lowest BCUT2D eigenvalue weighted by atomic mass is 9.99. The van der Waals surface area contributed by atoms with E-state index in [1.54, 1.807) is 0 Å². The zero-order valence-corrected chi connectivity index (χ0v) is 23.3. The molecule has 200 valence electrons. The van der Waals surface area contributed by atoms with Crippen LogP contribution in [0.25, 0.3) is 10.9 Å². The van der Waals surface area contributed by atoms with Gasteiger partial charge in [0.1, 0.15) is 6.04 Å². The quantitative estimate of drug-likeness (QED) is 0.283. The molecule has 0 saturated carbocycles. The molecular weight excluding hydrogens is 484 g/mol. The Morgan fingerprint density at radius 2 is 1.54 bits per heavy atom.